The van der Waals surface area contributed by atoms with Gasteiger partial charge in [0.2, 0.25) is 0 Å². The quantitative estimate of drug-likeness (QED) is 0.761. The van der Waals surface area contributed by atoms with Crippen molar-refractivity contribution < 1.29 is 4.39 Å². The highest BCUT2D eigenvalue weighted by molar-refractivity contribution is 5.18. The van der Waals surface area contributed by atoms with E-state index < -0.39 is 0 Å². The normalized spacial score (nSPS) is 19.1. The predicted molar refractivity (Wildman–Crippen MR) is 83.4 cm³/mol. The van der Waals surface area contributed by atoms with Gasteiger partial charge in [-0.3, -0.25) is 0 Å². The molecule has 2 rings (SSSR count). The first-order valence-corrected chi connectivity index (χ1v) is 8.18. The highest BCUT2D eigenvalue weighted by Crippen LogP contribution is 2.44. The Bertz CT molecular complexity index is 392. The Morgan fingerprint density at radius 1 is 1.15 bits per heavy atom. The SMILES string of the molecule is CCCNC(Cc1ccc(F)cc1)C1(CC)CCCC1. The van der Waals surface area contributed by atoms with Crippen molar-refractivity contribution >= 4 is 0 Å². The highest BCUT2D eigenvalue weighted by Gasteiger charge is 2.39. The zero-order valence-electron chi connectivity index (χ0n) is 12.9. The van der Waals surface area contributed by atoms with Crippen LogP contribution in [0.1, 0.15) is 57.9 Å². The van der Waals surface area contributed by atoms with E-state index in [0.29, 0.717) is 11.5 Å². The van der Waals surface area contributed by atoms with Crippen LogP contribution in [-0.4, -0.2) is 12.6 Å². The molecule has 0 aliphatic heterocycles. The Labute approximate surface area is 123 Å². The summed E-state index contributed by atoms with van der Waals surface area (Å²) in [5.41, 5.74) is 1.70. The molecule has 1 atom stereocenters. The minimum Gasteiger partial charge on any atom is -0.313 e. The van der Waals surface area contributed by atoms with Crippen molar-refractivity contribution in [2.24, 2.45) is 5.41 Å². The van der Waals surface area contributed by atoms with Crippen molar-refractivity contribution in [2.75, 3.05) is 6.54 Å². The van der Waals surface area contributed by atoms with Gasteiger partial charge in [-0.15, -0.1) is 0 Å². The van der Waals surface area contributed by atoms with Crippen LogP contribution in [0.4, 0.5) is 4.39 Å². The smallest absolute Gasteiger partial charge is 0.123 e. The van der Waals surface area contributed by atoms with Gasteiger partial charge in [0.05, 0.1) is 0 Å². The van der Waals surface area contributed by atoms with E-state index in [-0.39, 0.29) is 5.82 Å². The van der Waals surface area contributed by atoms with Crippen molar-refractivity contribution in [1.29, 1.82) is 0 Å². The maximum atomic E-state index is 13.1. The standard InChI is InChI=1S/C18H28FN/c1-3-13-20-17(18(4-2)11-5-6-12-18)14-15-7-9-16(19)10-8-15/h7-10,17,20H,3-6,11-14H2,1-2H3. The van der Waals surface area contributed by atoms with Gasteiger partial charge >= 0.3 is 0 Å². The second kappa shape index (κ2) is 7.21. The van der Waals surface area contributed by atoms with Gasteiger partial charge < -0.3 is 5.32 Å². The molecule has 1 aromatic rings. The largest absolute Gasteiger partial charge is 0.313 e. The summed E-state index contributed by atoms with van der Waals surface area (Å²) >= 11 is 0. The first kappa shape index (κ1) is 15.5. The summed E-state index contributed by atoms with van der Waals surface area (Å²) in [6.45, 7) is 5.62. The molecule has 1 aromatic carbocycles. The second-order valence-electron chi connectivity index (χ2n) is 6.26. The predicted octanol–water partition coefficient (Wildman–Crippen LogP) is 4.71. The molecule has 1 aliphatic carbocycles. The number of hydrogen-bond donors (Lipinski definition) is 1. The number of halogens is 1. The summed E-state index contributed by atoms with van der Waals surface area (Å²) in [5.74, 6) is -0.141. The molecular formula is C18H28FN. The molecule has 0 bridgehead atoms. The summed E-state index contributed by atoms with van der Waals surface area (Å²) < 4.78 is 13.1. The molecule has 0 amide bonds. The molecule has 0 aromatic heterocycles. The van der Waals surface area contributed by atoms with Crippen LogP contribution < -0.4 is 5.32 Å². The Kier molecular flexibility index (Phi) is 5.59. The van der Waals surface area contributed by atoms with Gasteiger partial charge in [-0.2, -0.15) is 0 Å². The molecule has 0 heterocycles. The van der Waals surface area contributed by atoms with Crippen LogP contribution in [-0.2, 0) is 6.42 Å². The summed E-state index contributed by atoms with van der Waals surface area (Å²) in [4.78, 5) is 0. The van der Waals surface area contributed by atoms with E-state index in [1.54, 1.807) is 12.1 Å². The van der Waals surface area contributed by atoms with Gasteiger partial charge in [0.25, 0.3) is 0 Å². The molecule has 20 heavy (non-hydrogen) atoms. The van der Waals surface area contributed by atoms with E-state index in [4.69, 9.17) is 0 Å². The lowest BCUT2D eigenvalue weighted by molar-refractivity contribution is 0.184. The van der Waals surface area contributed by atoms with E-state index in [9.17, 15) is 4.39 Å². The fraction of sp³-hybridized carbons (Fsp3) is 0.667. The van der Waals surface area contributed by atoms with Crippen molar-refractivity contribution in [3.05, 3.63) is 35.6 Å². The number of hydrogen-bond acceptors (Lipinski definition) is 1. The minimum atomic E-state index is -0.141. The van der Waals surface area contributed by atoms with E-state index in [1.165, 1.54) is 44.1 Å². The Hall–Kier alpha value is -0.890. The lowest BCUT2D eigenvalue weighted by Gasteiger charge is -2.38. The maximum absolute atomic E-state index is 13.1. The van der Waals surface area contributed by atoms with E-state index in [2.05, 4.69) is 19.2 Å². The summed E-state index contributed by atoms with van der Waals surface area (Å²) in [7, 11) is 0. The van der Waals surface area contributed by atoms with E-state index in [1.807, 2.05) is 12.1 Å². The molecule has 1 fully saturated rings. The molecule has 1 saturated carbocycles. The molecule has 1 aliphatic rings. The van der Waals surface area contributed by atoms with Gasteiger partial charge in [-0.05, 0) is 61.8 Å². The zero-order chi connectivity index (χ0) is 14.4. The van der Waals surface area contributed by atoms with Crippen LogP contribution in [0.2, 0.25) is 0 Å². The van der Waals surface area contributed by atoms with Crippen LogP contribution in [0.5, 0.6) is 0 Å². The fourth-order valence-electron chi connectivity index (χ4n) is 3.71. The van der Waals surface area contributed by atoms with Crippen LogP contribution in [0.25, 0.3) is 0 Å². The van der Waals surface area contributed by atoms with Gasteiger partial charge in [-0.1, -0.05) is 38.8 Å². The van der Waals surface area contributed by atoms with Gasteiger partial charge in [-0.25, -0.2) is 4.39 Å². The average Bonchev–Trinajstić information content (AvgIpc) is 2.95. The topological polar surface area (TPSA) is 12.0 Å². The monoisotopic (exact) mass is 277 g/mol. The minimum absolute atomic E-state index is 0.141. The van der Waals surface area contributed by atoms with Crippen molar-refractivity contribution in [2.45, 2.75) is 64.8 Å². The lowest BCUT2D eigenvalue weighted by atomic mass is 9.74. The molecule has 1 nitrogen and oxygen atoms in total. The van der Waals surface area contributed by atoms with Gasteiger partial charge in [0, 0.05) is 6.04 Å². The Morgan fingerprint density at radius 2 is 1.80 bits per heavy atom. The highest BCUT2D eigenvalue weighted by atomic mass is 19.1. The first-order chi connectivity index (χ1) is 9.70. The van der Waals surface area contributed by atoms with Crippen molar-refractivity contribution in [3.63, 3.8) is 0 Å². The molecule has 0 saturated heterocycles. The van der Waals surface area contributed by atoms with Crippen molar-refractivity contribution in [1.82, 2.24) is 5.32 Å². The molecule has 112 valence electrons. The van der Waals surface area contributed by atoms with Crippen LogP contribution >= 0.6 is 0 Å². The molecule has 1 N–H and O–H groups in total. The number of nitrogens with one attached hydrogen (secondary N) is 1. The maximum Gasteiger partial charge on any atom is 0.123 e. The summed E-state index contributed by atoms with van der Waals surface area (Å²) in [6.07, 6.45) is 8.84. The average molecular weight is 277 g/mol. The first-order valence-electron chi connectivity index (χ1n) is 8.18. The molecule has 0 radical (unpaired) electrons. The van der Waals surface area contributed by atoms with Crippen LogP contribution in [0, 0.1) is 11.2 Å². The van der Waals surface area contributed by atoms with Gasteiger partial charge in [0.15, 0.2) is 0 Å². The number of benzene rings is 1. The third-order valence-corrected chi connectivity index (χ3v) is 5.04. The molecule has 2 heteroatoms. The summed E-state index contributed by atoms with van der Waals surface area (Å²) in [5, 5.41) is 3.77. The molecular weight excluding hydrogens is 249 g/mol. The third kappa shape index (κ3) is 3.60. The Morgan fingerprint density at radius 3 is 2.35 bits per heavy atom. The third-order valence-electron chi connectivity index (χ3n) is 5.04. The molecule has 0 spiro atoms. The van der Waals surface area contributed by atoms with E-state index >= 15 is 0 Å². The van der Waals surface area contributed by atoms with E-state index in [0.717, 1.165) is 13.0 Å². The lowest BCUT2D eigenvalue weighted by Crippen LogP contribution is -2.45. The zero-order valence-corrected chi connectivity index (χ0v) is 12.9. The second-order valence-corrected chi connectivity index (χ2v) is 6.26. The Balaban J connectivity index is 2.12. The fourth-order valence-corrected chi connectivity index (χ4v) is 3.71. The van der Waals surface area contributed by atoms with Crippen LogP contribution in [0.3, 0.4) is 0 Å². The van der Waals surface area contributed by atoms with Crippen LogP contribution in [0.15, 0.2) is 24.3 Å². The van der Waals surface area contributed by atoms with Gasteiger partial charge in [0.1, 0.15) is 5.82 Å². The number of rotatable bonds is 7. The summed E-state index contributed by atoms with van der Waals surface area (Å²) in [6, 6.07) is 7.57. The van der Waals surface area contributed by atoms with Crippen molar-refractivity contribution in [3.8, 4) is 0 Å². The molecule has 1 unspecified atom stereocenters.